The fraction of sp³-hybridized carbons (Fsp3) is 0.150. The number of benzene rings is 2. The highest BCUT2D eigenvalue weighted by Crippen LogP contribution is 2.28. The summed E-state index contributed by atoms with van der Waals surface area (Å²) in [7, 11) is 0. The van der Waals surface area contributed by atoms with Crippen LogP contribution in [0.2, 0.25) is 0 Å². The van der Waals surface area contributed by atoms with Gasteiger partial charge in [-0.15, -0.1) is 0 Å². The second-order valence-corrected chi connectivity index (χ2v) is 6.29. The van der Waals surface area contributed by atoms with Crippen LogP contribution in [0, 0.1) is 12.7 Å². The van der Waals surface area contributed by atoms with Crippen molar-refractivity contribution >= 4 is 22.5 Å². The van der Waals surface area contributed by atoms with Gasteiger partial charge in [0.25, 0.3) is 0 Å². The van der Waals surface area contributed by atoms with Crippen LogP contribution in [0.15, 0.2) is 54.6 Å². The molecule has 4 rings (SSSR count). The predicted molar refractivity (Wildman–Crippen MR) is 100 cm³/mol. The van der Waals surface area contributed by atoms with Crippen LogP contribution in [0.5, 0.6) is 0 Å². The molecular formula is C20H18FN5. The van der Waals surface area contributed by atoms with Gasteiger partial charge in [-0.2, -0.15) is 5.10 Å². The summed E-state index contributed by atoms with van der Waals surface area (Å²) in [6.45, 7) is 3.91. The number of anilines is 2. The molecule has 2 aromatic heterocycles. The van der Waals surface area contributed by atoms with E-state index in [0.29, 0.717) is 17.5 Å². The van der Waals surface area contributed by atoms with Crippen LogP contribution < -0.4 is 5.32 Å². The van der Waals surface area contributed by atoms with Crippen molar-refractivity contribution in [3.8, 4) is 0 Å². The van der Waals surface area contributed by atoms with Gasteiger partial charge in [0.15, 0.2) is 5.82 Å². The Morgan fingerprint density at radius 3 is 2.65 bits per heavy atom. The van der Waals surface area contributed by atoms with Gasteiger partial charge < -0.3 is 5.32 Å². The summed E-state index contributed by atoms with van der Waals surface area (Å²) in [5, 5.41) is 11.3. The van der Waals surface area contributed by atoms with Crippen LogP contribution >= 0.6 is 0 Å². The molecule has 0 fully saturated rings. The molecule has 0 bridgehead atoms. The largest absolute Gasteiger partial charge is 0.323 e. The molecule has 26 heavy (non-hydrogen) atoms. The quantitative estimate of drug-likeness (QED) is 0.562. The Kier molecular flexibility index (Phi) is 4.08. The lowest BCUT2D eigenvalue weighted by Gasteiger charge is -2.14. The molecule has 0 amide bonds. The average Bonchev–Trinajstić information content (AvgIpc) is 3.06. The van der Waals surface area contributed by atoms with Gasteiger partial charge >= 0.3 is 0 Å². The van der Waals surface area contributed by atoms with Crippen molar-refractivity contribution in [2.45, 2.75) is 19.8 Å². The van der Waals surface area contributed by atoms with Crippen LogP contribution in [0.4, 0.5) is 16.0 Å². The first-order chi connectivity index (χ1) is 12.6. The topological polar surface area (TPSA) is 66.5 Å². The standard InChI is InChI=1S/C20H18FN5/c1-12-10-18(26-25-12)23-20-16-8-3-4-9-17(16)22-19(24-20)13(2)14-6-5-7-15(21)11-14/h3-11,13H,1-2H3,(H2,22,23,24,25,26)/t13-/m1/s1. The lowest BCUT2D eigenvalue weighted by Crippen LogP contribution is -2.06. The Hall–Kier alpha value is -3.28. The molecule has 2 N–H and O–H groups in total. The summed E-state index contributed by atoms with van der Waals surface area (Å²) in [6.07, 6.45) is 0. The molecule has 6 heteroatoms. The average molecular weight is 347 g/mol. The number of hydrogen-bond donors (Lipinski definition) is 2. The first-order valence-corrected chi connectivity index (χ1v) is 8.41. The minimum absolute atomic E-state index is 0.142. The summed E-state index contributed by atoms with van der Waals surface area (Å²) < 4.78 is 13.6. The van der Waals surface area contributed by atoms with Crippen LogP contribution in [0.25, 0.3) is 10.9 Å². The second-order valence-electron chi connectivity index (χ2n) is 6.29. The molecule has 0 saturated carbocycles. The van der Waals surface area contributed by atoms with Crippen molar-refractivity contribution in [3.05, 3.63) is 77.5 Å². The molecule has 2 aromatic carbocycles. The van der Waals surface area contributed by atoms with E-state index in [-0.39, 0.29) is 11.7 Å². The number of H-pyrrole nitrogens is 1. The Balaban J connectivity index is 1.80. The van der Waals surface area contributed by atoms with Gasteiger partial charge in [0.2, 0.25) is 0 Å². The summed E-state index contributed by atoms with van der Waals surface area (Å²) in [4.78, 5) is 9.40. The molecule has 0 radical (unpaired) electrons. The number of halogens is 1. The van der Waals surface area contributed by atoms with E-state index in [0.717, 1.165) is 22.2 Å². The first kappa shape index (κ1) is 16.2. The van der Waals surface area contributed by atoms with Crippen LogP contribution in [-0.4, -0.2) is 20.2 Å². The fourth-order valence-corrected chi connectivity index (χ4v) is 2.91. The molecule has 0 spiro atoms. The molecule has 5 nitrogen and oxygen atoms in total. The summed E-state index contributed by atoms with van der Waals surface area (Å²) in [5.74, 6) is 1.59. The maximum atomic E-state index is 13.6. The Labute approximate surface area is 150 Å². The molecule has 0 unspecified atom stereocenters. The maximum Gasteiger partial charge on any atom is 0.153 e. The summed E-state index contributed by atoms with van der Waals surface area (Å²) in [5.41, 5.74) is 2.62. The lowest BCUT2D eigenvalue weighted by molar-refractivity contribution is 0.623. The minimum Gasteiger partial charge on any atom is -0.323 e. The highest BCUT2D eigenvalue weighted by atomic mass is 19.1. The minimum atomic E-state index is -0.263. The van der Waals surface area contributed by atoms with Crippen LogP contribution in [0.1, 0.15) is 29.9 Å². The maximum absolute atomic E-state index is 13.6. The van der Waals surface area contributed by atoms with Gasteiger partial charge in [0, 0.05) is 23.1 Å². The zero-order valence-electron chi connectivity index (χ0n) is 14.5. The zero-order chi connectivity index (χ0) is 18.1. The molecule has 0 saturated heterocycles. The van der Waals surface area contributed by atoms with Crippen LogP contribution in [0.3, 0.4) is 0 Å². The molecule has 1 atom stereocenters. The molecule has 0 aliphatic heterocycles. The molecule has 4 aromatic rings. The monoisotopic (exact) mass is 347 g/mol. The molecular weight excluding hydrogens is 329 g/mol. The second kappa shape index (κ2) is 6.55. The van der Waals surface area contributed by atoms with Gasteiger partial charge in [-0.05, 0) is 36.8 Å². The lowest BCUT2D eigenvalue weighted by atomic mass is 10.00. The van der Waals surface area contributed by atoms with Crippen molar-refractivity contribution in [1.29, 1.82) is 0 Å². The number of aromatic nitrogens is 4. The smallest absolute Gasteiger partial charge is 0.153 e. The van der Waals surface area contributed by atoms with Gasteiger partial charge in [-0.3, -0.25) is 5.10 Å². The van der Waals surface area contributed by atoms with E-state index < -0.39 is 0 Å². The van der Waals surface area contributed by atoms with Crippen molar-refractivity contribution in [3.63, 3.8) is 0 Å². The molecule has 130 valence electrons. The third-order valence-electron chi connectivity index (χ3n) is 4.31. The van der Waals surface area contributed by atoms with Gasteiger partial charge in [-0.25, -0.2) is 14.4 Å². The Bertz CT molecular complexity index is 1070. The third-order valence-corrected chi connectivity index (χ3v) is 4.31. The number of rotatable bonds is 4. The number of aromatic amines is 1. The van der Waals surface area contributed by atoms with E-state index in [4.69, 9.17) is 4.98 Å². The molecule has 0 aliphatic carbocycles. The van der Waals surface area contributed by atoms with Crippen molar-refractivity contribution in [1.82, 2.24) is 20.2 Å². The summed E-state index contributed by atoms with van der Waals surface area (Å²) >= 11 is 0. The van der Waals surface area contributed by atoms with Gasteiger partial charge in [-0.1, -0.05) is 31.2 Å². The molecule has 2 heterocycles. The number of nitrogens with one attached hydrogen (secondary N) is 2. The van der Waals surface area contributed by atoms with E-state index in [1.165, 1.54) is 12.1 Å². The number of hydrogen-bond acceptors (Lipinski definition) is 4. The van der Waals surface area contributed by atoms with E-state index >= 15 is 0 Å². The van der Waals surface area contributed by atoms with E-state index in [1.807, 2.05) is 50.2 Å². The number of fused-ring (bicyclic) bond motifs is 1. The number of nitrogens with zero attached hydrogens (tertiary/aromatic N) is 3. The van der Waals surface area contributed by atoms with Gasteiger partial charge in [0.05, 0.1) is 5.52 Å². The third kappa shape index (κ3) is 3.13. The highest BCUT2D eigenvalue weighted by molar-refractivity contribution is 5.90. The van der Waals surface area contributed by atoms with Crippen molar-refractivity contribution < 1.29 is 4.39 Å². The first-order valence-electron chi connectivity index (χ1n) is 8.41. The number of para-hydroxylation sites is 1. The Morgan fingerprint density at radius 1 is 1.04 bits per heavy atom. The zero-order valence-corrected chi connectivity index (χ0v) is 14.5. The predicted octanol–water partition coefficient (Wildman–Crippen LogP) is 4.70. The van der Waals surface area contributed by atoms with Gasteiger partial charge in [0.1, 0.15) is 17.5 Å². The van der Waals surface area contributed by atoms with E-state index in [9.17, 15) is 4.39 Å². The van der Waals surface area contributed by atoms with Crippen molar-refractivity contribution in [2.75, 3.05) is 5.32 Å². The normalized spacial score (nSPS) is 12.3. The van der Waals surface area contributed by atoms with E-state index in [1.54, 1.807) is 6.07 Å². The molecule has 0 aliphatic rings. The number of aryl methyl sites for hydroxylation is 1. The Morgan fingerprint density at radius 2 is 1.88 bits per heavy atom. The van der Waals surface area contributed by atoms with Crippen LogP contribution in [-0.2, 0) is 0 Å². The summed E-state index contributed by atoms with van der Waals surface area (Å²) in [6, 6.07) is 16.2. The fourth-order valence-electron chi connectivity index (χ4n) is 2.91. The highest BCUT2D eigenvalue weighted by Gasteiger charge is 2.16. The van der Waals surface area contributed by atoms with Crippen molar-refractivity contribution in [2.24, 2.45) is 0 Å². The van der Waals surface area contributed by atoms with E-state index in [2.05, 4.69) is 20.5 Å². The SMILES string of the molecule is Cc1cc(Nc2nc([C@H](C)c3cccc(F)c3)nc3ccccc23)n[nH]1.